The van der Waals surface area contributed by atoms with Gasteiger partial charge in [0.05, 0.1) is 0 Å². The van der Waals surface area contributed by atoms with Gasteiger partial charge in [-0.05, 0) is 38.0 Å². The lowest BCUT2D eigenvalue weighted by molar-refractivity contribution is -0.118. The molecule has 0 bridgehead atoms. The van der Waals surface area contributed by atoms with Crippen LogP contribution in [0, 0.1) is 5.92 Å². The van der Waals surface area contributed by atoms with Crippen LogP contribution < -0.4 is 5.32 Å². The van der Waals surface area contributed by atoms with Gasteiger partial charge in [-0.1, -0.05) is 19.4 Å². The summed E-state index contributed by atoms with van der Waals surface area (Å²) in [5.41, 5.74) is 2.57. The van der Waals surface area contributed by atoms with Gasteiger partial charge in [-0.2, -0.15) is 0 Å². The highest BCUT2D eigenvalue weighted by Crippen LogP contribution is 2.32. The third-order valence-corrected chi connectivity index (χ3v) is 3.38. The number of carbonyl (C=O) groups is 1. The number of hydrogen-bond donors (Lipinski definition) is 1. The Morgan fingerprint density at radius 2 is 2.27 bits per heavy atom. The number of allylic oxidation sites excluding steroid dienone is 2. The van der Waals surface area contributed by atoms with Crippen molar-refractivity contribution in [2.24, 2.45) is 5.92 Å². The quantitative estimate of drug-likeness (QED) is 0.737. The lowest BCUT2D eigenvalue weighted by atomic mass is 9.84. The minimum atomic E-state index is -0.0713. The summed E-state index contributed by atoms with van der Waals surface area (Å²) in [6.07, 6.45) is 5.71. The summed E-state index contributed by atoms with van der Waals surface area (Å²) in [6, 6.07) is 0. The topological polar surface area (TPSA) is 29.1 Å². The Morgan fingerprint density at radius 3 is 2.80 bits per heavy atom. The number of amides is 1. The minimum Gasteiger partial charge on any atom is -0.329 e. The van der Waals surface area contributed by atoms with Crippen molar-refractivity contribution in [3.63, 3.8) is 0 Å². The molecule has 1 aliphatic carbocycles. The van der Waals surface area contributed by atoms with E-state index in [9.17, 15) is 4.79 Å². The van der Waals surface area contributed by atoms with Crippen molar-refractivity contribution in [3.8, 4) is 0 Å². The monoisotopic (exact) mass is 229 g/mol. The van der Waals surface area contributed by atoms with E-state index in [-0.39, 0.29) is 11.8 Å². The van der Waals surface area contributed by atoms with Gasteiger partial charge in [0.1, 0.15) is 5.88 Å². The van der Waals surface area contributed by atoms with Crippen molar-refractivity contribution in [1.29, 1.82) is 0 Å². The molecule has 1 N–H and O–H groups in total. The highest BCUT2D eigenvalue weighted by atomic mass is 35.5. The molecule has 2 nitrogen and oxygen atoms in total. The van der Waals surface area contributed by atoms with E-state index in [2.05, 4.69) is 19.2 Å². The van der Waals surface area contributed by atoms with Crippen LogP contribution in [0.4, 0.5) is 0 Å². The normalized spacial score (nSPS) is 21.7. The maximum atomic E-state index is 11.3. The van der Waals surface area contributed by atoms with Crippen LogP contribution >= 0.6 is 11.6 Å². The summed E-state index contributed by atoms with van der Waals surface area (Å²) >= 11 is 5.52. The van der Waals surface area contributed by atoms with Crippen LogP contribution in [0.25, 0.3) is 0 Å². The van der Waals surface area contributed by atoms with E-state index in [0.29, 0.717) is 5.92 Å². The molecule has 1 rings (SSSR count). The molecule has 0 saturated carbocycles. The van der Waals surface area contributed by atoms with E-state index in [1.807, 2.05) is 0 Å². The Bertz CT molecular complexity index is 260. The van der Waals surface area contributed by atoms with Gasteiger partial charge in [-0.3, -0.25) is 4.79 Å². The maximum Gasteiger partial charge on any atom is 0.239 e. The van der Waals surface area contributed by atoms with Crippen molar-refractivity contribution < 1.29 is 4.79 Å². The van der Waals surface area contributed by atoms with Gasteiger partial charge in [0.15, 0.2) is 0 Å². The van der Waals surface area contributed by atoms with E-state index in [1.165, 1.54) is 18.4 Å². The Balaban J connectivity index is 2.82. The van der Waals surface area contributed by atoms with Gasteiger partial charge in [0.2, 0.25) is 5.91 Å². The van der Waals surface area contributed by atoms with E-state index in [1.54, 1.807) is 0 Å². The van der Waals surface area contributed by atoms with Crippen LogP contribution in [0.15, 0.2) is 11.3 Å². The third-order valence-electron chi connectivity index (χ3n) is 3.14. The lowest BCUT2D eigenvalue weighted by Crippen LogP contribution is -2.31. The summed E-state index contributed by atoms with van der Waals surface area (Å²) in [6.45, 7) is 4.33. The Hall–Kier alpha value is -0.500. The molecule has 0 radical (unpaired) electrons. The molecule has 0 aromatic rings. The highest BCUT2D eigenvalue weighted by molar-refractivity contribution is 6.27. The average Bonchev–Trinajstić information content (AvgIpc) is 2.29. The average molecular weight is 230 g/mol. The zero-order valence-electron chi connectivity index (χ0n) is 9.61. The molecule has 0 aromatic carbocycles. The molecule has 0 saturated heterocycles. The second kappa shape index (κ2) is 6.16. The molecule has 1 amide bonds. The van der Waals surface area contributed by atoms with E-state index < -0.39 is 0 Å². The molecule has 0 aromatic heterocycles. The first-order valence-electron chi connectivity index (χ1n) is 5.80. The largest absolute Gasteiger partial charge is 0.329 e. The molecule has 1 aliphatic rings. The predicted molar refractivity (Wildman–Crippen MR) is 63.8 cm³/mol. The zero-order valence-corrected chi connectivity index (χ0v) is 10.4. The predicted octanol–water partition coefficient (Wildman–Crippen LogP) is 3.22. The smallest absolute Gasteiger partial charge is 0.239 e. The molecule has 0 heterocycles. The number of rotatable bonds is 4. The fourth-order valence-corrected chi connectivity index (χ4v) is 2.35. The van der Waals surface area contributed by atoms with Crippen molar-refractivity contribution in [1.82, 2.24) is 5.32 Å². The van der Waals surface area contributed by atoms with Crippen LogP contribution in [0.3, 0.4) is 0 Å². The van der Waals surface area contributed by atoms with Crippen molar-refractivity contribution in [2.45, 2.75) is 46.0 Å². The van der Waals surface area contributed by atoms with Gasteiger partial charge in [-0.15, -0.1) is 11.6 Å². The second-order valence-corrected chi connectivity index (χ2v) is 4.32. The van der Waals surface area contributed by atoms with E-state index in [0.717, 1.165) is 25.0 Å². The van der Waals surface area contributed by atoms with Crippen LogP contribution in [-0.2, 0) is 4.79 Å². The van der Waals surface area contributed by atoms with Crippen molar-refractivity contribution >= 4 is 17.5 Å². The van der Waals surface area contributed by atoms with Gasteiger partial charge < -0.3 is 5.32 Å². The van der Waals surface area contributed by atoms with E-state index in [4.69, 9.17) is 11.6 Å². The minimum absolute atomic E-state index is 0.0525. The Morgan fingerprint density at radius 1 is 1.53 bits per heavy atom. The molecule has 0 spiro atoms. The number of alkyl halides is 1. The molecule has 86 valence electrons. The molecule has 1 atom stereocenters. The standard InChI is InChI=1S/C12H20ClNO/c1-3-9-6-5-7-10(4-2)12(9)14-11(15)8-13/h9H,3-8H2,1-2H3,(H,14,15). The molecule has 1 unspecified atom stereocenters. The fourth-order valence-electron chi connectivity index (χ4n) is 2.28. The van der Waals surface area contributed by atoms with Gasteiger partial charge >= 0.3 is 0 Å². The summed E-state index contributed by atoms with van der Waals surface area (Å²) in [5.74, 6) is 0.510. The number of nitrogens with one attached hydrogen (secondary N) is 1. The van der Waals surface area contributed by atoms with E-state index >= 15 is 0 Å². The van der Waals surface area contributed by atoms with Crippen LogP contribution in [-0.4, -0.2) is 11.8 Å². The first-order chi connectivity index (χ1) is 7.22. The Kier molecular flexibility index (Phi) is 5.16. The SMILES string of the molecule is CCC1=C(NC(=O)CCl)C(CC)CCC1. The molecule has 3 heteroatoms. The van der Waals surface area contributed by atoms with Gasteiger partial charge in [0.25, 0.3) is 0 Å². The van der Waals surface area contributed by atoms with Crippen LogP contribution in [0.5, 0.6) is 0 Å². The van der Waals surface area contributed by atoms with Crippen molar-refractivity contribution in [2.75, 3.05) is 5.88 Å². The molecular formula is C12H20ClNO. The van der Waals surface area contributed by atoms with Crippen LogP contribution in [0.1, 0.15) is 46.0 Å². The summed E-state index contributed by atoms with van der Waals surface area (Å²) in [4.78, 5) is 11.3. The lowest BCUT2D eigenvalue weighted by Gasteiger charge is -2.28. The Labute approximate surface area is 97.1 Å². The van der Waals surface area contributed by atoms with Gasteiger partial charge in [-0.25, -0.2) is 0 Å². The summed E-state index contributed by atoms with van der Waals surface area (Å²) in [5, 5.41) is 2.98. The maximum absolute atomic E-state index is 11.3. The second-order valence-electron chi connectivity index (χ2n) is 4.05. The first kappa shape index (κ1) is 12.6. The number of carbonyl (C=O) groups excluding carboxylic acids is 1. The summed E-state index contributed by atoms with van der Waals surface area (Å²) in [7, 11) is 0. The molecule has 0 fully saturated rings. The third kappa shape index (κ3) is 3.23. The molecule has 15 heavy (non-hydrogen) atoms. The number of hydrogen-bond acceptors (Lipinski definition) is 1. The fraction of sp³-hybridized carbons (Fsp3) is 0.750. The van der Waals surface area contributed by atoms with Gasteiger partial charge in [0, 0.05) is 5.70 Å². The summed E-state index contributed by atoms with van der Waals surface area (Å²) < 4.78 is 0. The van der Waals surface area contributed by atoms with Crippen LogP contribution in [0.2, 0.25) is 0 Å². The molecule has 0 aliphatic heterocycles. The highest BCUT2D eigenvalue weighted by Gasteiger charge is 2.21. The molecular weight excluding hydrogens is 210 g/mol. The van der Waals surface area contributed by atoms with Crippen molar-refractivity contribution in [3.05, 3.63) is 11.3 Å². The number of halogens is 1. The zero-order chi connectivity index (χ0) is 11.3. The first-order valence-corrected chi connectivity index (χ1v) is 6.34.